The lowest BCUT2D eigenvalue weighted by Gasteiger charge is -2.33. The fourth-order valence-corrected chi connectivity index (χ4v) is 2.35. The van der Waals surface area contributed by atoms with E-state index in [1.165, 1.54) is 25.6 Å². The van der Waals surface area contributed by atoms with Crippen molar-refractivity contribution in [2.45, 2.75) is 26.2 Å². The summed E-state index contributed by atoms with van der Waals surface area (Å²) in [4.78, 5) is 10.5. The molecule has 1 fully saturated rings. The molecule has 0 bridgehead atoms. The highest BCUT2D eigenvalue weighted by Crippen LogP contribution is 2.32. The van der Waals surface area contributed by atoms with Gasteiger partial charge in [0.05, 0.1) is 7.11 Å². The first-order valence-corrected chi connectivity index (χ1v) is 6.15. The minimum absolute atomic E-state index is 0.412. The lowest BCUT2D eigenvalue weighted by molar-refractivity contribution is 0.382. The fourth-order valence-electron chi connectivity index (χ4n) is 2.35. The third-order valence-corrected chi connectivity index (χ3v) is 3.51. The molecule has 1 saturated heterocycles. The Balaban J connectivity index is 2.15. The number of aromatic nitrogens is 2. The van der Waals surface area contributed by atoms with Crippen LogP contribution in [-0.2, 0) is 0 Å². The van der Waals surface area contributed by atoms with Crippen molar-refractivity contribution in [1.29, 1.82) is 0 Å². The summed E-state index contributed by atoms with van der Waals surface area (Å²) in [6, 6.07) is 0. The third-order valence-electron chi connectivity index (χ3n) is 3.51. The molecule has 1 aliphatic heterocycles. The van der Waals surface area contributed by atoms with Gasteiger partial charge in [0, 0.05) is 13.1 Å². The van der Waals surface area contributed by atoms with Crippen LogP contribution in [0.3, 0.4) is 0 Å². The molecule has 94 valence electrons. The van der Waals surface area contributed by atoms with Gasteiger partial charge in [0.1, 0.15) is 6.33 Å². The van der Waals surface area contributed by atoms with Gasteiger partial charge in [-0.1, -0.05) is 13.3 Å². The maximum Gasteiger partial charge on any atom is 0.204 e. The zero-order chi connectivity index (χ0) is 12.3. The van der Waals surface area contributed by atoms with Gasteiger partial charge in [-0.05, 0) is 18.8 Å². The molecule has 0 radical (unpaired) electrons. The minimum Gasteiger partial charge on any atom is -0.490 e. The first-order valence-electron chi connectivity index (χ1n) is 6.15. The predicted molar refractivity (Wildman–Crippen MR) is 68.2 cm³/mol. The molecular weight excluding hydrogens is 216 g/mol. The Morgan fingerprint density at radius 1 is 1.41 bits per heavy atom. The zero-order valence-electron chi connectivity index (χ0n) is 10.5. The van der Waals surface area contributed by atoms with E-state index in [9.17, 15) is 0 Å². The standard InChI is InChI=1S/C12H20N4O/c1-3-9-4-6-16(7-5-9)12-10(17-2)11(13)14-8-15-12/h8-9H,3-7H2,1-2H3,(H2,13,14,15). The van der Waals surface area contributed by atoms with E-state index >= 15 is 0 Å². The van der Waals surface area contributed by atoms with Gasteiger partial charge in [-0.2, -0.15) is 0 Å². The summed E-state index contributed by atoms with van der Waals surface area (Å²) in [5.41, 5.74) is 5.79. The molecule has 1 aromatic rings. The van der Waals surface area contributed by atoms with Crippen LogP contribution in [0.25, 0.3) is 0 Å². The van der Waals surface area contributed by atoms with Gasteiger partial charge >= 0.3 is 0 Å². The van der Waals surface area contributed by atoms with E-state index in [-0.39, 0.29) is 0 Å². The van der Waals surface area contributed by atoms with Gasteiger partial charge in [-0.25, -0.2) is 9.97 Å². The number of nitrogens with two attached hydrogens (primary N) is 1. The van der Waals surface area contributed by atoms with Gasteiger partial charge in [-0.15, -0.1) is 0 Å². The van der Waals surface area contributed by atoms with Crippen molar-refractivity contribution < 1.29 is 4.74 Å². The average Bonchev–Trinajstić information content (AvgIpc) is 2.38. The van der Waals surface area contributed by atoms with Gasteiger partial charge < -0.3 is 15.4 Å². The van der Waals surface area contributed by atoms with Gasteiger partial charge in [0.25, 0.3) is 0 Å². The van der Waals surface area contributed by atoms with Crippen molar-refractivity contribution >= 4 is 11.6 Å². The SMILES string of the molecule is CCC1CCN(c2ncnc(N)c2OC)CC1. The van der Waals surface area contributed by atoms with Gasteiger partial charge in [-0.3, -0.25) is 0 Å². The van der Waals surface area contributed by atoms with E-state index in [4.69, 9.17) is 10.5 Å². The van der Waals surface area contributed by atoms with Crippen LogP contribution >= 0.6 is 0 Å². The largest absolute Gasteiger partial charge is 0.490 e. The van der Waals surface area contributed by atoms with Crippen molar-refractivity contribution in [3.8, 4) is 5.75 Å². The second-order valence-electron chi connectivity index (χ2n) is 4.45. The van der Waals surface area contributed by atoms with Crippen LogP contribution < -0.4 is 15.4 Å². The number of hydrogen-bond acceptors (Lipinski definition) is 5. The predicted octanol–water partition coefficient (Wildman–Crippen LogP) is 1.69. The number of hydrogen-bond donors (Lipinski definition) is 1. The van der Waals surface area contributed by atoms with E-state index in [0.29, 0.717) is 11.6 Å². The van der Waals surface area contributed by atoms with Crippen molar-refractivity contribution in [2.24, 2.45) is 5.92 Å². The number of nitrogen functional groups attached to an aromatic ring is 1. The Bertz CT molecular complexity index is 375. The minimum atomic E-state index is 0.412. The lowest BCUT2D eigenvalue weighted by atomic mass is 9.94. The molecule has 0 aromatic carbocycles. The van der Waals surface area contributed by atoms with Crippen molar-refractivity contribution in [2.75, 3.05) is 30.8 Å². The summed E-state index contributed by atoms with van der Waals surface area (Å²) in [5.74, 6) is 2.68. The van der Waals surface area contributed by atoms with Crippen molar-refractivity contribution in [1.82, 2.24) is 9.97 Å². The first kappa shape index (κ1) is 12.0. The highest BCUT2D eigenvalue weighted by atomic mass is 16.5. The number of ether oxygens (including phenoxy) is 1. The number of piperidine rings is 1. The molecule has 5 nitrogen and oxygen atoms in total. The molecule has 0 atom stereocenters. The molecule has 0 saturated carbocycles. The van der Waals surface area contributed by atoms with Crippen molar-refractivity contribution in [3.63, 3.8) is 0 Å². The van der Waals surface area contributed by atoms with Crippen LogP contribution in [0, 0.1) is 5.92 Å². The normalized spacial score (nSPS) is 17.2. The molecular formula is C12H20N4O. The number of anilines is 2. The lowest BCUT2D eigenvalue weighted by Crippen LogP contribution is -2.34. The van der Waals surface area contributed by atoms with Crippen LogP contribution in [0.15, 0.2) is 6.33 Å². The number of nitrogens with zero attached hydrogens (tertiary/aromatic N) is 3. The molecule has 2 heterocycles. The summed E-state index contributed by atoms with van der Waals surface area (Å²) in [7, 11) is 1.61. The Morgan fingerprint density at radius 2 is 2.12 bits per heavy atom. The average molecular weight is 236 g/mol. The summed E-state index contributed by atoms with van der Waals surface area (Å²) in [6.07, 6.45) is 5.18. The van der Waals surface area contributed by atoms with Gasteiger partial charge in [0.15, 0.2) is 11.6 Å². The molecule has 5 heteroatoms. The zero-order valence-corrected chi connectivity index (χ0v) is 10.5. The third kappa shape index (κ3) is 2.43. The number of methoxy groups -OCH3 is 1. The highest BCUT2D eigenvalue weighted by molar-refractivity contribution is 5.62. The molecule has 0 unspecified atom stereocenters. The van der Waals surface area contributed by atoms with Crippen LogP contribution in [0.1, 0.15) is 26.2 Å². The van der Waals surface area contributed by atoms with E-state index in [1.54, 1.807) is 7.11 Å². The number of rotatable bonds is 3. The second-order valence-corrected chi connectivity index (χ2v) is 4.45. The van der Waals surface area contributed by atoms with Crippen LogP contribution in [0.2, 0.25) is 0 Å². The molecule has 1 aromatic heterocycles. The molecule has 17 heavy (non-hydrogen) atoms. The Kier molecular flexibility index (Phi) is 3.66. The molecule has 2 N–H and O–H groups in total. The Morgan fingerprint density at radius 3 is 2.71 bits per heavy atom. The van der Waals surface area contributed by atoms with Crippen LogP contribution in [0.5, 0.6) is 5.75 Å². The van der Waals surface area contributed by atoms with Gasteiger partial charge in [0.2, 0.25) is 5.75 Å². The maximum absolute atomic E-state index is 5.79. The van der Waals surface area contributed by atoms with Crippen molar-refractivity contribution in [3.05, 3.63) is 6.33 Å². The molecule has 0 amide bonds. The quantitative estimate of drug-likeness (QED) is 0.865. The molecule has 0 spiro atoms. The Hall–Kier alpha value is -1.52. The van der Waals surface area contributed by atoms with E-state index in [1.807, 2.05) is 0 Å². The Labute approximate surface area is 102 Å². The fraction of sp³-hybridized carbons (Fsp3) is 0.667. The summed E-state index contributed by atoms with van der Waals surface area (Å²) >= 11 is 0. The molecule has 1 aliphatic rings. The monoisotopic (exact) mass is 236 g/mol. The second kappa shape index (κ2) is 5.21. The topological polar surface area (TPSA) is 64.3 Å². The molecule has 0 aliphatic carbocycles. The highest BCUT2D eigenvalue weighted by Gasteiger charge is 2.22. The van der Waals surface area contributed by atoms with Crippen LogP contribution in [0.4, 0.5) is 11.6 Å². The van der Waals surface area contributed by atoms with Crippen LogP contribution in [-0.4, -0.2) is 30.2 Å². The first-order chi connectivity index (χ1) is 8.26. The van der Waals surface area contributed by atoms with E-state index in [2.05, 4.69) is 21.8 Å². The summed E-state index contributed by atoms with van der Waals surface area (Å²) in [5, 5.41) is 0. The summed E-state index contributed by atoms with van der Waals surface area (Å²) < 4.78 is 5.29. The molecule has 2 rings (SSSR count). The van der Waals surface area contributed by atoms with E-state index < -0.39 is 0 Å². The van der Waals surface area contributed by atoms with E-state index in [0.717, 1.165) is 24.8 Å². The smallest absolute Gasteiger partial charge is 0.204 e. The summed E-state index contributed by atoms with van der Waals surface area (Å²) in [6.45, 7) is 4.29. The maximum atomic E-state index is 5.79.